The fourth-order valence-corrected chi connectivity index (χ4v) is 5.57. The smallest absolute Gasteiger partial charge is 0.239 e. The molecule has 4 aromatic rings. The maximum Gasteiger partial charge on any atom is 0.239 e. The molecule has 0 amide bonds. The fourth-order valence-electron chi connectivity index (χ4n) is 5.57. The molecule has 7 N–H and O–H groups in total. The highest BCUT2D eigenvalue weighted by atomic mass is 16.7. The molecule has 238 valence electrons. The number of aromatic hydroxyl groups is 3. The van der Waals surface area contributed by atoms with Crippen LogP contribution in [0.2, 0.25) is 0 Å². The number of hydrogen-bond acceptors (Lipinski definition) is 12. The Morgan fingerprint density at radius 2 is 1.57 bits per heavy atom. The molecule has 0 radical (unpaired) electrons. The molecule has 2 aromatic heterocycles. The van der Waals surface area contributed by atoms with Crippen molar-refractivity contribution in [2.24, 2.45) is 0 Å². The molecule has 0 bridgehead atoms. The fraction of sp³-hybridized carbons (Fsp3) is 0.469. The van der Waals surface area contributed by atoms with Crippen LogP contribution in [0.5, 0.6) is 23.0 Å². The predicted molar refractivity (Wildman–Crippen MR) is 159 cm³/mol. The van der Waals surface area contributed by atoms with Gasteiger partial charge in [0, 0.05) is 29.5 Å². The van der Waals surface area contributed by atoms with E-state index in [0.717, 1.165) is 31.4 Å². The van der Waals surface area contributed by atoms with Gasteiger partial charge in [0.25, 0.3) is 0 Å². The van der Waals surface area contributed by atoms with Gasteiger partial charge in [0.1, 0.15) is 52.6 Å². The zero-order valence-corrected chi connectivity index (χ0v) is 24.3. The Labute approximate surface area is 252 Å². The van der Waals surface area contributed by atoms with Crippen molar-refractivity contribution >= 4 is 21.9 Å². The molecule has 44 heavy (non-hydrogen) atoms. The lowest BCUT2D eigenvalue weighted by molar-refractivity contribution is -0.277. The zero-order chi connectivity index (χ0) is 31.5. The summed E-state index contributed by atoms with van der Waals surface area (Å²) in [5, 5.41) is 71.9. The highest BCUT2D eigenvalue weighted by Gasteiger charge is 2.45. The molecule has 5 rings (SSSR count). The number of aryl methyl sites for hydroxylation is 1. The minimum absolute atomic E-state index is 0.140. The Morgan fingerprint density at radius 1 is 0.841 bits per heavy atom. The molecule has 1 saturated heterocycles. The first-order valence-electron chi connectivity index (χ1n) is 14.9. The summed E-state index contributed by atoms with van der Waals surface area (Å²) in [6.07, 6.45) is 0.0420. The van der Waals surface area contributed by atoms with Gasteiger partial charge in [-0.15, -0.1) is 0 Å². The summed E-state index contributed by atoms with van der Waals surface area (Å²) in [7, 11) is 0. The van der Waals surface area contributed by atoms with E-state index in [1.165, 1.54) is 37.8 Å². The van der Waals surface area contributed by atoms with Crippen molar-refractivity contribution in [2.45, 2.75) is 89.0 Å². The Hall–Kier alpha value is -3.81. The van der Waals surface area contributed by atoms with Crippen molar-refractivity contribution < 1.29 is 54.1 Å². The van der Waals surface area contributed by atoms with E-state index in [-0.39, 0.29) is 39.4 Å². The average Bonchev–Trinajstić information content (AvgIpc) is 3.43. The molecular weight excluding hydrogens is 576 g/mol. The molecule has 0 aliphatic carbocycles. The molecule has 0 spiro atoms. The summed E-state index contributed by atoms with van der Waals surface area (Å²) >= 11 is 0. The number of hydrogen-bond donors (Lipinski definition) is 7. The van der Waals surface area contributed by atoms with Crippen LogP contribution in [-0.4, -0.2) is 73.1 Å². The van der Waals surface area contributed by atoms with E-state index in [1.54, 1.807) is 6.07 Å². The quantitative estimate of drug-likeness (QED) is 0.114. The first kappa shape index (κ1) is 31.6. The molecule has 5 atom stereocenters. The molecule has 3 heterocycles. The molecule has 1 aliphatic heterocycles. The van der Waals surface area contributed by atoms with Crippen LogP contribution in [0.1, 0.15) is 57.6 Å². The molecule has 1 fully saturated rings. The van der Waals surface area contributed by atoms with Gasteiger partial charge in [0.2, 0.25) is 17.5 Å². The second kappa shape index (κ2) is 13.4. The highest BCUT2D eigenvalue weighted by molar-refractivity contribution is 5.99. The number of aliphatic hydroxyl groups is 4. The van der Waals surface area contributed by atoms with Crippen LogP contribution in [0.4, 0.5) is 0 Å². The SMILES string of the molecule is CCCCCCCCCc1cc2c(-c3oc4cc(O)cc(O)c4c(=O)c3O[C@H]3O[C@@H](CO)[C@@H](O)[C@@H](O)[C@@H]3O)ccc(O)c2o1. The van der Waals surface area contributed by atoms with Crippen LogP contribution in [0.25, 0.3) is 33.3 Å². The Kier molecular flexibility index (Phi) is 9.66. The average molecular weight is 615 g/mol. The largest absolute Gasteiger partial charge is 0.508 e. The van der Waals surface area contributed by atoms with E-state index in [4.69, 9.17) is 18.3 Å². The van der Waals surface area contributed by atoms with Crippen LogP contribution < -0.4 is 10.2 Å². The number of phenolic OH excluding ortho intramolecular Hbond substituents is 3. The van der Waals surface area contributed by atoms with Crippen LogP contribution in [0.15, 0.2) is 44.0 Å². The number of phenols is 3. The molecule has 2 aromatic carbocycles. The lowest BCUT2D eigenvalue weighted by atomic mass is 9.99. The first-order valence-corrected chi connectivity index (χ1v) is 14.9. The van der Waals surface area contributed by atoms with Gasteiger partial charge in [-0.3, -0.25) is 4.79 Å². The summed E-state index contributed by atoms with van der Waals surface area (Å²) in [4.78, 5) is 13.8. The van der Waals surface area contributed by atoms with Gasteiger partial charge >= 0.3 is 0 Å². The summed E-state index contributed by atoms with van der Waals surface area (Å²) < 4.78 is 23.3. The maximum atomic E-state index is 13.8. The first-order chi connectivity index (χ1) is 21.1. The van der Waals surface area contributed by atoms with Gasteiger partial charge in [0.15, 0.2) is 17.1 Å². The normalized spacial score (nSPS) is 22.2. The molecule has 12 heteroatoms. The zero-order valence-electron chi connectivity index (χ0n) is 24.3. The van der Waals surface area contributed by atoms with Crippen molar-refractivity contribution in [3.05, 3.63) is 46.3 Å². The number of fused-ring (bicyclic) bond motifs is 2. The topological polar surface area (TPSA) is 203 Å². The highest BCUT2D eigenvalue weighted by Crippen LogP contribution is 2.42. The summed E-state index contributed by atoms with van der Waals surface area (Å²) in [6, 6.07) is 6.62. The predicted octanol–water partition coefficient (Wildman–Crippen LogP) is 3.79. The van der Waals surface area contributed by atoms with Gasteiger partial charge in [-0.25, -0.2) is 0 Å². The van der Waals surface area contributed by atoms with Crippen LogP contribution in [0.3, 0.4) is 0 Å². The van der Waals surface area contributed by atoms with Gasteiger partial charge in [0.05, 0.1) is 6.61 Å². The number of unbranched alkanes of at least 4 members (excludes halogenated alkanes) is 6. The monoisotopic (exact) mass is 614 g/mol. The number of rotatable bonds is 12. The lowest BCUT2D eigenvalue weighted by Gasteiger charge is -2.39. The van der Waals surface area contributed by atoms with Crippen LogP contribution in [0, 0.1) is 0 Å². The minimum Gasteiger partial charge on any atom is -0.508 e. The van der Waals surface area contributed by atoms with Crippen LogP contribution in [-0.2, 0) is 11.2 Å². The van der Waals surface area contributed by atoms with E-state index < -0.39 is 54.2 Å². The summed E-state index contributed by atoms with van der Waals surface area (Å²) in [5.74, 6) is -1.27. The Bertz CT molecular complexity index is 1660. The molecule has 0 unspecified atom stereocenters. The van der Waals surface area contributed by atoms with E-state index >= 15 is 0 Å². The van der Waals surface area contributed by atoms with Gasteiger partial charge in [-0.2, -0.15) is 0 Å². The lowest BCUT2D eigenvalue weighted by Crippen LogP contribution is -2.60. The van der Waals surface area contributed by atoms with Gasteiger partial charge < -0.3 is 54.1 Å². The van der Waals surface area contributed by atoms with E-state index in [1.807, 2.05) is 0 Å². The van der Waals surface area contributed by atoms with E-state index in [2.05, 4.69) is 6.92 Å². The molecular formula is C32H38O12. The van der Waals surface area contributed by atoms with Crippen molar-refractivity contribution in [1.82, 2.24) is 0 Å². The van der Waals surface area contributed by atoms with Crippen molar-refractivity contribution in [2.75, 3.05) is 6.61 Å². The maximum absolute atomic E-state index is 13.8. The Morgan fingerprint density at radius 3 is 2.30 bits per heavy atom. The number of benzene rings is 2. The second-order valence-corrected chi connectivity index (χ2v) is 11.2. The third-order valence-corrected chi connectivity index (χ3v) is 7.99. The number of aliphatic hydroxyl groups excluding tert-OH is 4. The summed E-state index contributed by atoms with van der Waals surface area (Å²) in [6.45, 7) is 1.45. The number of furan rings is 1. The molecule has 1 aliphatic rings. The van der Waals surface area contributed by atoms with E-state index in [0.29, 0.717) is 17.6 Å². The van der Waals surface area contributed by atoms with Gasteiger partial charge in [-0.05, 0) is 24.6 Å². The molecule has 0 saturated carbocycles. The van der Waals surface area contributed by atoms with Gasteiger partial charge in [-0.1, -0.05) is 45.4 Å². The van der Waals surface area contributed by atoms with E-state index in [9.17, 15) is 40.5 Å². The summed E-state index contributed by atoms with van der Waals surface area (Å²) in [5.41, 5.74) is -0.699. The van der Waals surface area contributed by atoms with Crippen molar-refractivity contribution in [3.63, 3.8) is 0 Å². The minimum atomic E-state index is -1.84. The van der Waals surface area contributed by atoms with Crippen LogP contribution >= 0.6 is 0 Å². The third-order valence-electron chi connectivity index (χ3n) is 7.99. The standard InChI is InChI=1S/C32H38O12/c1-2-3-4-5-6-7-8-9-17-14-19-18(10-11-20(35)29(19)41-17)30-31(26(38)24-21(36)12-16(34)13-22(24)42-30)44-32-28(40)27(39)25(37)23(15-33)43-32/h10-14,23,25,27-28,32-37,39-40H,2-9,15H2,1H3/t23-,25+,27+,28-,32+/m0/s1. The van der Waals surface area contributed by atoms with Crippen molar-refractivity contribution in [1.29, 1.82) is 0 Å². The van der Waals surface area contributed by atoms with Crippen molar-refractivity contribution in [3.8, 4) is 34.3 Å². The third kappa shape index (κ3) is 6.21. The molecule has 12 nitrogen and oxygen atoms in total. The number of ether oxygens (including phenoxy) is 2. The second-order valence-electron chi connectivity index (χ2n) is 11.2. The Balaban J connectivity index is 1.57.